The molecule has 0 bridgehead atoms. The summed E-state index contributed by atoms with van der Waals surface area (Å²) in [4.78, 5) is 26.9. The van der Waals surface area contributed by atoms with Gasteiger partial charge in [-0.05, 0) is 29.7 Å². The van der Waals surface area contributed by atoms with Gasteiger partial charge in [-0.25, -0.2) is 13.3 Å². The molecule has 3 unspecified atom stereocenters. The zero-order valence-electron chi connectivity index (χ0n) is 20.1. The molecular formula is C24H22F3N3O7S2. The fourth-order valence-electron chi connectivity index (χ4n) is 4.67. The van der Waals surface area contributed by atoms with Gasteiger partial charge in [0.25, 0.3) is 11.3 Å². The van der Waals surface area contributed by atoms with Crippen molar-refractivity contribution in [3.63, 3.8) is 0 Å². The van der Waals surface area contributed by atoms with Crippen LogP contribution in [0, 0.1) is 0 Å². The first-order valence-electron chi connectivity index (χ1n) is 11.7. The number of benzene rings is 1. The van der Waals surface area contributed by atoms with E-state index in [4.69, 9.17) is 4.74 Å². The van der Waals surface area contributed by atoms with Crippen LogP contribution in [0.4, 0.5) is 18.2 Å². The third-order valence-electron chi connectivity index (χ3n) is 6.76. The van der Waals surface area contributed by atoms with Crippen molar-refractivity contribution in [1.82, 2.24) is 10.1 Å². The number of carbonyl (C=O) groups is 2. The average Bonchev–Trinajstić information content (AvgIpc) is 3.21. The normalized spacial score (nSPS) is 21.9. The Morgan fingerprint density at radius 3 is 2.46 bits per heavy atom. The number of ether oxygens (including phenoxy) is 1. The van der Waals surface area contributed by atoms with Crippen LogP contribution in [0.2, 0.25) is 0 Å². The number of hydrogen-bond donors (Lipinski definition) is 2. The van der Waals surface area contributed by atoms with Crippen molar-refractivity contribution in [3.05, 3.63) is 59.4 Å². The Hall–Kier alpha value is -3.27. The van der Waals surface area contributed by atoms with E-state index in [2.05, 4.69) is 9.68 Å². The molecule has 0 spiro atoms. The molecular weight excluding hydrogens is 563 g/mol. The zero-order chi connectivity index (χ0) is 27.9. The Bertz CT molecular complexity index is 1400. The second-order valence-corrected chi connectivity index (χ2v) is 11.0. The maximum absolute atomic E-state index is 12.9. The second kappa shape index (κ2) is 10.4. The molecule has 39 heavy (non-hydrogen) atoms. The number of thiophene rings is 1. The number of amides is 1. The molecule has 10 nitrogen and oxygen atoms in total. The van der Waals surface area contributed by atoms with Crippen LogP contribution < -0.4 is 4.31 Å². The van der Waals surface area contributed by atoms with Crippen LogP contribution in [0.1, 0.15) is 29.2 Å². The van der Waals surface area contributed by atoms with E-state index in [1.165, 1.54) is 12.1 Å². The molecule has 3 atom stereocenters. The van der Waals surface area contributed by atoms with E-state index in [1.807, 2.05) is 0 Å². The molecule has 15 heteroatoms. The Morgan fingerprint density at radius 1 is 1.18 bits per heavy atom. The first kappa shape index (κ1) is 27.3. The van der Waals surface area contributed by atoms with Gasteiger partial charge < -0.3 is 19.3 Å². The Labute approximate surface area is 226 Å². The van der Waals surface area contributed by atoms with E-state index in [0.717, 1.165) is 21.2 Å². The summed E-state index contributed by atoms with van der Waals surface area (Å²) >= 11 is -1.95. The SMILES string of the molecule is O=C(Cc1ccc(C2CC2(C(=O)O)N(c2ccc(-c3cc(C(F)(F)F)on3)s2)S(=O)O)cc1)N1CCOCC1. The molecule has 2 aromatic heterocycles. The van der Waals surface area contributed by atoms with Crippen LogP contribution in [-0.2, 0) is 38.2 Å². The van der Waals surface area contributed by atoms with Gasteiger partial charge in [-0.3, -0.25) is 9.35 Å². The largest absolute Gasteiger partial charge is 0.479 e. The topological polar surface area (TPSA) is 133 Å². The molecule has 1 amide bonds. The fraction of sp³-hybridized carbons (Fsp3) is 0.375. The van der Waals surface area contributed by atoms with Crippen LogP contribution >= 0.6 is 11.3 Å². The van der Waals surface area contributed by atoms with E-state index >= 15 is 0 Å². The van der Waals surface area contributed by atoms with Gasteiger partial charge in [-0.2, -0.15) is 13.2 Å². The lowest BCUT2D eigenvalue weighted by Gasteiger charge is -2.27. The number of hydrogen-bond acceptors (Lipinski definition) is 7. The number of aliphatic carboxylic acids is 1. The Kier molecular flexibility index (Phi) is 7.26. The van der Waals surface area contributed by atoms with Crippen molar-refractivity contribution in [2.45, 2.75) is 30.5 Å². The van der Waals surface area contributed by atoms with Crippen LogP contribution in [0.15, 0.2) is 47.0 Å². The first-order chi connectivity index (χ1) is 18.5. The highest BCUT2D eigenvalue weighted by Crippen LogP contribution is 2.58. The Balaban J connectivity index is 1.36. The van der Waals surface area contributed by atoms with Crippen LogP contribution in [0.5, 0.6) is 0 Å². The van der Waals surface area contributed by atoms with Gasteiger partial charge in [0.05, 0.1) is 24.5 Å². The first-order valence-corrected chi connectivity index (χ1v) is 13.6. The van der Waals surface area contributed by atoms with Gasteiger partial charge in [0.1, 0.15) is 10.7 Å². The van der Waals surface area contributed by atoms with Gasteiger partial charge in [-0.15, -0.1) is 11.3 Å². The average molecular weight is 586 g/mol. The molecule has 0 radical (unpaired) electrons. The molecule has 2 aliphatic rings. The molecule has 1 aliphatic heterocycles. The molecule has 3 heterocycles. The zero-order valence-corrected chi connectivity index (χ0v) is 21.7. The summed E-state index contributed by atoms with van der Waals surface area (Å²) < 4.78 is 71.7. The molecule has 1 saturated heterocycles. The quantitative estimate of drug-likeness (QED) is 0.382. The highest BCUT2D eigenvalue weighted by atomic mass is 32.2. The molecule has 1 aliphatic carbocycles. The lowest BCUT2D eigenvalue weighted by atomic mass is 10.0. The number of alkyl halides is 3. The Morgan fingerprint density at radius 2 is 1.87 bits per heavy atom. The summed E-state index contributed by atoms with van der Waals surface area (Å²) in [6.45, 7) is 2.04. The van der Waals surface area contributed by atoms with Gasteiger partial charge >= 0.3 is 12.1 Å². The number of nitrogens with zero attached hydrogens (tertiary/aromatic N) is 3. The van der Waals surface area contributed by atoms with Crippen molar-refractivity contribution < 1.29 is 45.9 Å². The number of carbonyl (C=O) groups excluding carboxylic acids is 1. The number of carboxylic acids is 1. The van der Waals surface area contributed by atoms with Gasteiger partial charge in [0.15, 0.2) is 5.54 Å². The third-order valence-corrected chi connectivity index (χ3v) is 8.80. The monoisotopic (exact) mass is 585 g/mol. The smallest absolute Gasteiger partial charge is 0.452 e. The minimum absolute atomic E-state index is 0.0239. The number of anilines is 1. The van der Waals surface area contributed by atoms with Crippen LogP contribution in [0.3, 0.4) is 0 Å². The van der Waals surface area contributed by atoms with E-state index in [1.54, 1.807) is 29.2 Å². The molecule has 1 aromatic carbocycles. The summed E-state index contributed by atoms with van der Waals surface area (Å²) in [6.07, 6.45) is -4.53. The highest BCUT2D eigenvalue weighted by Gasteiger charge is 2.67. The van der Waals surface area contributed by atoms with Crippen molar-refractivity contribution in [1.29, 1.82) is 0 Å². The fourth-order valence-corrected chi connectivity index (χ4v) is 6.69. The molecule has 2 N–H and O–H groups in total. The minimum Gasteiger partial charge on any atom is -0.479 e. The van der Waals surface area contributed by atoms with Gasteiger partial charge in [0.2, 0.25) is 11.7 Å². The molecule has 5 rings (SSSR count). The van der Waals surface area contributed by atoms with Crippen molar-refractivity contribution in [2.24, 2.45) is 0 Å². The molecule has 2 fully saturated rings. The molecule has 208 valence electrons. The summed E-state index contributed by atoms with van der Waals surface area (Å²) in [5.74, 6) is -3.31. The van der Waals surface area contributed by atoms with Crippen LogP contribution in [0.25, 0.3) is 10.6 Å². The number of carboxylic acid groups (broad SMARTS) is 1. The predicted octanol–water partition coefficient (Wildman–Crippen LogP) is 3.78. The maximum Gasteiger partial charge on any atom is 0.452 e. The number of halogens is 3. The van der Waals surface area contributed by atoms with E-state index in [-0.39, 0.29) is 34.3 Å². The summed E-state index contributed by atoms with van der Waals surface area (Å²) in [7, 11) is 0. The van der Waals surface area contributed by atoms with E-state index in [9.17, 15) is 36.6 Å². The summed E-state index contributed by atoms with van der Waals surface area (Å²) in [5, 5.41) is 13.6. The van der Waals surface area contributed by atoms with Gasteiger partial charge in [0, 0.05) is 25.1 Å². The van der Waals surface area contributed by atoms with Crippen molar-refractivity contribution in [2.75, 3.05) is 30.6 Å². The standard InChI is InChI=1S/C24H22F3N3O7S2/c25-24(26,27)19-12-17(28-37-19)18-5-6-21(38-18)30(39(34)35)23(22(32)33)13-16(23)15-3-1-14(2-4-15)11-20(31)29-7-9-36-10-8-29/h1-6,12,16H,7-11,13H2,(H,32,33)(H,34,35). The number of aromatic nitrogens is 1. The second-order valence-electron chi connectivity index (χ2n) is 9.13. The number of rotatable bonds is 8. The van der Waals surface area contributed by atoms with Crippen molar-refractivity contribution in [3.8, 4) is 10.6 Å². The van der Waals surface area contributed by atoms with Gasteiger partial charge in [-0.1, -0.05) is 29.4 Å². The molecule has 1 saturated carbocycles. The van der Waals surface area contributed by atoms with Crippen molar-refractivity contribution >= 4 is 39.5 Å². The number of morpholine rings is 1. The maximum atomic E-state index is 12.9. The minimum atomic E-state index is -4.73. The predicted molar refractivity (Wildman–Crippen MR) is 133 cm³/mol. The lowest BCUT2D eigenvalue weighted by Crippen LogP contribution is -2.45. The summed E-state index contributed by atoms with van der Waals surface area (Å²) in [6, 6.07) is 10.3. The lowest BCUT2D eigenvalue weighted by molar-refractivity contribution is -0.155. The summed E-state index contributed by atoms with van der Waals surface area (Å²) in [5.41, 5.74) is -0.541. The molecule has 3 aromatic rings. The van der Waals surface area contributed by atoms with E-state index in [0.29, 0.717) is 37.9 Å². The van der Waals surface area contributed by atoms with E-state index < -0.39 is 40.6 Å². The third kappa shape index (κ3) is 5.31. The van der Waals surface area contributed by atoms with Crippen LogP contribution in [-0.4, -0.2) is 67.6 Å². The highest BCUT2D eigenvalue weighted by molar-refractivity contribution is 7.81.